The van der Waals surface area contributed by atoms with Gasteiger partial charge in [0.05, 0.1) is 5.71 Å². The molecule has 0 N–H and O–H groups in total. The number of hydrogen-bond acceptors (Lipinski definition) is 9. The zero-order chi connectivity index (χ0) is 43.3. The second kappa shape index (κ2) is 22.3. The fourth-order valence-electron chi connectivity index (χ4n) is 8.70. The average Bonchev–Trinajstić information content (AvgIpc) is 3.32. The summed E-state index contributed by atoms with van der Waals surface area (Å²) in [7, 11) is 1.57. The van der Waals surface area contributed by atoms with Crippen LogP contribution in [0.2, 0.25) is 10.0 Å². The van der Waals surface area contributed by atoms with E-state index in [2.05, 4.69) is 24.9 Å². The number of urea groups is 2. The lowest BCUT2D eigenvalue weighted by atomic mass is 9.88. The molecule has 2 aromatic heterocycles. The van der Waals surface area contributed by atoms with Crippen LogP contribution in [-0.4, -0.2) is 149 Å². The van der Waals surface area contributed by atoms with E-state index in [-0.39, 0.29) is 29.7 Å². The Morgan fingerprint density at radius 1 is 0.532 bits per heavy atom. The molecule has 62 heavy (non-hydrogen) atoms. The summed E-state index contributed by atoms with van der Waals surface area (Å²) in [5.74, 6) is 0.397. The highest BCUT2D eigenvalue weighted by molar-refractivity contribution is 6.31. The summed E-state index contributed by atoms with van der Waals surface area (Å²) >= 11 is 11.9. The molecular weight excluding hydrogens is 825 g/mol. The van der Waals surface area contributed by atoms with Crippen LogP contribution in [0.15, 0.2) is 103 Å². The monoisotopic (exact) mass is 881 g/mol. The molecule has 0 saturated carbocycles. The number of benzene rings is 2. The Kier molecular flexibility index (Phi) is 16.2. The summed E-state index contributed by atoms with van der Waals surface area (Å²) < 4.78 is 0. The van der Waals surface area contributed by atoms with E-state index >= 15 is 0 Å². The van der Waals surface area contributed by atoms with Gasteiger partial charge in [0, 0.05) is 144 Å². The molecule has 15 heteroatoms. The Morgan fingerprint density at radius 3 is 1.31 bits per heavy atom. The van der Waals surface area contributed by atoms with Crippen molar-refractivity contribution in [2.24, 2.45) is 17.0 Å². The van der Waals surface area contributed by atoms with Crippen LogP contribution < -0.4 is 0 Å². The van der Waals surface area contributed by atoms with Gasteiger partial charge in [-0.1, -0.05) is 40.5 Å². The lowest BCUT2D eigenvalue weighted by Gasteiger charge is -2.39. The highest BCUT2D eigenvalue weighted by Gasteiger charge is 2.33. The van der Waals surface area contributed by atoms with Gasteiger partial charge in [0.1, 0.15) is 7.11 Å². The maximum atomic E-state index is 13.1. The summed E-state index contributed by atoms with van der Waals surface area (Å²) in [6, 6.07) is 23.2. The van der Waals surface area contributed by atoms with Gasteiger partial charge in [-0.15, -0.1) is 0 Å². The van der Waals surface area contributed by atoms with Crippen LogP contribution in [0, 0.1) is 11.8 Å². The number of hydrogen-bond donors (Lipinski definition) is 0. The van der Waals surface area contributed by atoms with Crippen LogP contribution in [0.1, 0.15) is 52.7 Å². The quantitative estimate of drug-likeness (QED) is 0.0978. The van der Waals surface area contributed by atoms with Gasteiger partial charge in [-0.3, -0.25) is 24.6 Å². The van der Waals surface area contributed by atoms with E-state index in [4.69, 9.17) is 28.0 Å². The number of likely N-dealkylation sites (tertiary alicyclic amines) is 2. The predicted molar refractivity (Wildman–Crippen MR) is 242 cm³/mol. The molecule has 4 fully saturated rings. The molecule has 0 bridgehead atoms. The third kappa shape index (κ3) is 12.3. The highest BCUT2D eigenvalue weighted by atomic mass is 35.5. The molecule has 13 nitrogen and oxygen atoms in total. The first kappa shape index (κ1) is 45.0. The van der Waals surface area contributed by atoms with E-state index in [0.717, 1.165) is 115 Å². The number of rotatable bonds is 9. The molecule has 6 heterocycles. The molecular formula is C47H57Cl2N9O4. The summed E-state index contributed by atoms with van der Waals surface area (Å²) in [4.78, 5) is 64.6. The van der Waals surface area contributed by atoms with Crippen molar-refractivity contribution in [3.8, 4) is 0 Å². The molecule has 0 spiro atoms. The van der Waals surface area contributed by atoms with Gasteiger partial charge in [0.15, 0.2) is 5.78 Å². The van der Waals surface area contributed by atoms with Crippen molar-refractivity contribution in [1.29, 1.82) is 0 Å². The molecule has 0 radical (unpaired) electrons. The van der Waals surface area contributed by atoms with E-state index in [9.17, 15) is 14.4 Å². The van der Waals surface area contributed by atoms with Gasteiger partial charge >= 0.3 is 12.1 Å². The molecule has 4 amide bonds. The third-order valence-corrected chi connectivity index (χ3v) is 12.8. The number of oxime groups is 1. The second-order valence-corrected chi connectivity index (χ2v) is 17.2. The zero-order valence-electron chi connectivity index (χ0n) is 35.5. The Hall–Kier alpha value is -5.08. The van der Waals surface area contributed by atoms with Crippen molar-refractivity contribution < 1.29 is 19.2 Å². The van der Waals surface area contributed by atoms with Crippen molar-refractivity contribution in [2.75, 3.05) is 85.6 Å². The predicted octanol–water partition coefficient (Wildman–Crippen LogP) is 7.30. The number of halogens is 2. The largest absolute Gasteiger partial charge is 0.399 e. The molecule has 0 aliphatic carbocycles. The maximum Gasteiger partial charge on any atom is 0.320 e. The summed E-state index contributed by atoms with van der Waals surface area (Å²) in [5.41, 5.74) is 5.16. The van der Waals surface area contributed by atoms with Gasteiger partial charge in [0.2, 0.25) is 0 Å². The van der Waals surface area contributed by atoms with Crippen LogP contribution in [0.3, 0.4) is 0 Å². The second-order valence-electron chi connectivity index (χ2n) is 16.4. The van der Waals surface area contributed by atoms with Crippen LogP contribution in [-0.2, 0) is 17.9 Å². The zero-order valence-corrected chi connectivity index (χ0v) is 37.0. The minimum atomic E-state index is -0.0209. The molecule has 8 rings (SSSR count). The lowest BCUT2D eigenvalue weighted by Crippen LogP contribution is -2.54. The molecule has 328 valence electrons. The van der Waals surface area contributed by atoms with Crippen molar-refractivity contribution in [2.45, 2.75) is 38.8 Å². The normalized spacial score (nSPS) is 18.5. The summed E-state index contributed by atoms with van der Waals surface area (Å²) in [5, 5.41) is 5.63. The Bertz CT molecular complexity index is 2060. The van der Waals surface area contributed by atoms with E-state index in [1.54, 1.807) is 31.4 Å². The highest BCUT2D eigenvalue weighted by Crippen LogP contribution is 2.26. The number of aromatic nitrogens is 2. The number of carbonyl (C=O) groups excluding carboxylic acids is 3. The molecule has 0 unspecified atom stereocenters. The summed E-state index contributed by atoms with van der Waals surface area (Å²) in [6.07, 6.45) is 10.5. The smallest absolute Gasteiger partial charge is 0.320 e. The number of Topliss-reactive ketones (excluding diaryl/α,β-unsaturated/α-hetero) is 1. The van der Waals surface area contributed by atoms with Gasteiger partial charge < -0.3 is 24.4 Å². The first-order valence-corrected chi connectivity index (χ1v) is 22.5. The molecule has 4 saturated heterocycles. The van der Waals surface area contributed by atoms with Crippen LogP contribution in [0.4, 0.5) is 9.59 Å². The molecule has 0 atom stereocenters. The number of nitrogens with zero attached hydrogens (tertiary/aromatic N) is 9. The molecule has 4 aliphatic heterocycles. The minimum Gasteiger partial charge on any atom is -0.399 e. The van der Waals surface area contributed by atoms with Gasteiger partial charge in [-0.25, -0.2) is 9.59 Å². The van der Waals surface area contributed by atoms with Crippen molar-refractivity contribution >= 4 is 46.8 Å². The minimum absolute atomic E-state index is 0.0209. The SMILES string of the molecule is CON=C(c1ccc(Cl)cc1)C1CCN(C(=O)N2CCN(Cc3ccncc3)CC2)CC1.O=C(c1ccc(Cl)cc1)C1CCN(C(=O)N2CCN(Cc3ccncc3)CC2)CC1. The van der Waals surface area contributed by atoms with Crippen LogP contribution >= 0.6 is 23.2 Å². The van der Waals surface area contributed by atoms with E-state index in [0.29, 0.717) is 28.7 Å². The van der Waals surface area contributed by atoms with Crippen molar-refractivity contribution in [1.82, 2.24) is 39.4 Å². The van der Waals surface area contributed by atoms with Crippen LogP contribution in [0.5, 0.6) is 0 Å². The molecule has 4 aromatic rings. The fourth-order valence-corrected chi connectivity index (χ4v) is 8.95. The number of piperazine rings is 2. The average molecular weight is 883 g/mol. The van der Waals surface area contributed by atoms with Crippen molar-refractivity contribution in [3.05, 3.63) is 130 Å². The Balaban J connectivity index is 0.000000187. The molecule has 4 aliphatic rings. The number of pyridine rings is 2. The number of piperidine rings is 2. The maximum absolute atomic E-state index is 13.1. The van der Waals surface area contributed by atoms with Crippen LogP contribution in [0.25, 0.3) is 0 Å². The first-order chi connectivity index (χ1) is 30.2. The summed E-state index contributed by atoms with van der Waals surface area (Å²) in [6.45, 7) is 11.1. The van der Waals surface area contributed by atoms with E-state index < -0.39 is 0 Å². The molecule has 2 aromatic carbocycles. The Morgan fingerprint density at radius 2 is 0.903 bits per heavy atom. The standard InChI is InChI=1S/C24H30ClN5O2.C23H27ClN4O2/c1-32-27-23(20-2-4-22(25)5-3-20)21-8-12-29(13-9-21)24(31)30-16-14-28(15-17-30)18-19-6-10-26-11-7-19;24-21-3-1-19(2-4-21)22(29)20-7-11-27(12-8-20)23(30)28-15-13-26(14-16-28)17-18-5-9-25-10-6-18/h2-7,10-11,21H,8-9,12-18H2,1H3;1-6,9-10,20H,7-8,11-17H2. The van der Waals surface area contributed by atoms with E-state index in [1.807, 2.05) is 92.9 Å². The Labute approximate surface area is 375 Å². The van der Waals surface area contributed by atoms with E-state index in [1.165, 1.54) is 11.1 Å². The van der Waals surface area contributed by atoms with Gasteiger partial charge in [-0.05, 0) is 103 Å². The third-order valence-electron chi connectivity index (χ3n) is 12.3. The van der Waals surface area contributed by atoms with Gasteiger partial charge in [0.25, 0.3) is 0 Å². The van der Waals surface area contributed by atoms with Gasteiger partial charge in [-0.2, -0.15) is 0 Å². The first-order valence-electron chi connectivity index (χ1n) is 21.7. The fraction of sp³-hybridized carbons (Fsp3) is 0.447. The number of amides is 4. The number of carbonyl (C=O) groups is 3. The topological polar surface area (TPSA) is 118 Å². The van der Waals surface area contributed by atoms with Crippen molar-refractivity contribution in [3.63, 3.8) is 0 Å². The lowest BCUT2D eigenvalue weighted by molar-refractivity contribution is 0.0794. The number of ketones is 1.